The first-order chi connectivity index (χ1) is 13.0. The largest absolute Gasteiger partial charge is 0.494 e. The van der Waals surface area contributed by atoms with Gasteiger partial charge in [-0.25, -0.2) is 4.39 Å². The maximum atomic E-state index is 12.8. The van der Waals surface area contributed by atoms with Gasteiger partial charge in [0.25, 0.3) is 5.91 Å². The van der Waals surface area contributed by atoms with Crippen molar-refractivity contribution < 1.29 is 18.7 Å². The maximum absolute atomic E-state index is 12.8. The lowest BCUT2D eigenvalue weighted by molar-refractivity contribution is -0.116. The summed E-state index contributed by atoms with van der Waals surface area (Å²) in [5, 5.41) is 5.63. The Morgan fingerprint density at radius 3 is 2.48 bits per heavy atom. The summed E-state index contributed by atoms with van der Waals surface area (Å²) in [6, 6.07) is 12.7. The number of ether oxygens (including phenoxy) is 1. The smallest absolute Gasteiger partial charge is 0.253 e. The highest BCUT2D eigenvalue weighted by Crippen LogP contribution is 2.16. The van der Waals surface area contributed by atoms with E-state index in [1.54, 1.807) is 36.4 Å². The number of carbonyl (C=O) groups is 2. The summed E-state index contributed by atoms with van der Waals surface area (Å²) < 4.78 is 18.3. The van der Waals surface area contributed by atoms with Gasteiger partial charge in [0.05, 0.1) is 17.9 Å². The van der Waals surface area contributed by atoms with E-state index in [4.69, 9.17) is 4.74 Å². The number of hydrogen-bond acceptors (Lipinski definition) is 3. The zero-order valence-corrected chi connectivity index (χ0v) is 15.6. The van der Waals surface area contributed by atoms with E-state index >= 15 is 0 Å². The summed E-state index contributed by atoms with van der Waals surface area (Å²) in [5.74, 6) is 0.180. The minimum Gasteiger partial charge on any atom is -0.494 e. The second-order valence-electron chi connectivity index (χ2n) is 6.60. The molecule has 5 nitrogen and oxygen atoms in total. The van der Waals surface area contributed by atoms with Crippen LogP contribution in [0.3, 0.4) is 0 Å². The third-order valence-electron chi connectivity index (χ3n) is 3.75. The predicted octanol–water partition coefficient (Wildman–Crippen LogP) is 4.01. The Kier molecular flexibility index (Phi) is 7.79. The molecule has 2 aromatic carbocycles. The molecule has 144 valence electrons. The lowest BCUT2D eigenvalue weighted by atomic mass is 10.1. The standard InChI is InChI=1S/C21H25FN2O3/c1-15(2)14-23-21(26)18-6-3-4-7-19(18)24-20(25)8-5-13-27-17-11-9-16(22)10-12-17/h3-4,6-7,9-12,15H,5,8,13-14H2,1-2H3,(H,23,26)(H,24,25). The molecular weight excluding hydrogens is 347 g/mol. The molecular formula is C21H25FN2O3. The van der Waals surface area contributed by atoms with Crippen LogP contribution in [0.1, 0.15) is 37.0 Å². The number of halogens is 1. The summed E-state index contributed by atoms with van der Waals surface area (Å²) in [5.41, 5.74) is 0.928. The number of carbonyl (C=O) groups excluding carboxylic acids is 2. The van der Waals surface area contributed by atoms with Gasteiger partial charge in [0.15, 0.2) is 0 Å². The van der Waals surface area contributed by atoms with E-state index in [1.807, 2.05) is 13.8 Å². The van der Waals surface area contributed by atoms with Crippen LogP contribution in [0.4, 0.5) is 10.1 Å². The maximum Gasteiger partial charge on any atom is 0.253 e. The number of para-hydroxylation sites is 1. The Hall–Kier alpha value is -2.89. The Labute approximate surface area is 158 Å². The van der Waals surface area contributed by atoms with E-state index in [2.05, 4.69) is 10.6 Å². The number of nitrogens with one attached hydrogen (secondary N) is 2. The summed E-state index contributed by atoms with van der Waals surface area (Å²) >= 11 is 0. The minimum atomic E-state index is -0.321. The van der Waals surface area contributed by atoms with Crippen molar-refractivity contribution >= 4 is 17.5 Å². The molecule has 27 heavy (non-hydrogen) atoms. The van der Waals surface area contributed by atoms with Crippen molar-refractivity contribution in [1.29, 1.82) is 0 Å². The molecule has 6 heteroatoms. The van der Waals surface area contributed by atoms with Gasteiger partial charge >= 0.3 is 0 Å². The number of rotatable bonds is 9. The molecule has 0 fully saturated rings. The molecule has 2 rings (SSSR count). The van der Waals surface area contributed by atoms with E-state index in [0.717, 1.165) is 0 Å². The van der Waals surface area contributed by atoms with Gasteiger partial charge in [-0.1, -0.05) is 26.0 Å². The second kappa shape index (κ2) is 10.3. The van der Waals surface area contributed by atoms with Crippen molar-refractivity contribution in [3.8, 4) is 5.75 Å². The zero-order valence-electron chi connectivity index (χ0n) is 15.6. The number of amides is 2. The third kappa shape index (κ3) is 7.09. The SMILES string of the molecule is CC(C)CNC(=O)c1ccccc1NC(=O)CCCOc1ccc(F)cc1. The highest BCUT2D eigenvalue weighted by molar-refractivity contribution is 6.03. The van der Waals surface area contributed by atoms with E-state index in [9.17, 15) is 14.0 Å². The van der Waals surface area contributed by atoms with E-state index in [-0.39, 0.29) is 24.1 Å². The van der Waals surface area contributed by atoms with Crippen LogP contribution in [0, 0.1) is 11.7 Å². The molecule has 2 aromatic rings. The minimum absolute atomic E-state index is 0.193. The average molecular weight is 372 g/mol. The van der Waals surface area contributed by atoms with Gasteiger partial charge in [-0.2, -0.15) is 0 Å². The first-order valence-corrected chi connectivity index (χ1v) is 9.01. The van der Waals surface area contributed by atoms with Gasteiger partial charge < -0.3 is 15.4 Å². The van der Waals surface area contributed by atoms with Gasteiger partial charge in [-0.15, -0.1) is 0 Å². The van der Waals surface area contributed by atoms with Crippen LogP contribution in [-0.4, -0.2) is 25.0 Å². The van der Waals surface area contributed by atoms with E-state index < -0.39 is 0 Å². The Balaban J connectivity index is 1.81. The van der Waals surface area contributed by atoms with E-state index in [0.29, 0.717) is 42.5 Å². The number of hydrogen-bond donors (Lipinski definition) is 2. The molecule has 0 saturated heterocycles. The van der Waals surface area contributed by atoms with Crippen LogP contribution in [-0.2, 0) is 4.79 Å². The van der Waals surface area contributed by atoms with E-state index in [1.165, 1.54) is 12.1 Å². The summed E-state index contributed by atoms with van der Waals surface area (Å²) in [6.07, 6.45) is 0.758. The fourth-order valence-electron chi connectivity index (χ4n) is 2.35. The van der Waals surface area contributed by atoms with Gasteiger partial charge in [0, 0.05) is 13.0 Å². The fourth-order valence-corrected chi connectivity index (χ4v) is 2.35. The van der Waals surface area contributed by atoms with Crippen LogP contribution in [0.5, 0.6) is 5.75 Å². The van der Waals surface area contributed by atoms with Gasteiger partial charge in [-0.05, 0) is 48.7 Å². The molecule has 0 heterocycles. The zero-order chi connectivity index (χ0) is 19.6. The number of benzene rings is 2. The molecule has 0 aliphatic rings. The van der Waals surface area contributed by atoms with Crippen LogP contribution >= 0.6 is 0 Å². The Bertz CT molecular complexity index is 760. The van der Waals surface area contributed by atoms with Crippen LogP contribution in [0.2, 0.25) is 0 Å². The summed E-state index contributed by atoms with van der Waals surface area (Å²) in [6.45, 7) is 4.95. The first-order valence-electron chi connectivity index (χ1n) is 9.01. The van der Waals surface area contributed by atoms with Crippen LogP contribution in [0.15, 0.2) is 48.5 Å². The lowest BCUT2D eigenvalue weighted by Crippen LogP contribution is -2.28. The molecule has 0 aliphatic carbocycles. The highest BCUT2D eigenvalue weighted by atomic mass is 19.1. The number of anilines is 1. The molecule has 2 amide bonds. The van der Waals surface area contributed by atoms with Crippen LogP contribution < -0.4 is 15.4 Å². The summed E-state index contributed by atoms with van der Waals surface area (Å²) in [4.78, 5) is 24.4. The van der Waals surface area contributed by atoms with Crippen molar-refractivity contribution in [2.45, 2.75) is 26.7 Å². The Morgan fingerprint density at radius 1 is 1.07 bits per heavy atom. The van der Waals surface area contributed by atoms with Crippen molar-refractivity contribution in [3.63, 3.8) is 0 Å². The van der Waals surface area contributed by atoms with Crippen molar-refractivity contribution in [3.05, 3.63) is 59.9 Å². The lowest BCUT2D eigenvalue weighted by Gasteiger charge is -2.12. The highest BCUT2D eigenvalue weighted by Gasteiger charge is 2.13. The van der Waals surface area contributed by atoms with Crippen molar-refractivity contribution in [2.75, 3.05) is 18.5 Å². The van der Waals surface area contributed by atoms with Gasteiger partial charge in [-0.3, -0.25) is 9.59 Å². The quantitative estimate of drug-likeness (QED) is 0.654. The normalized spacial score (nSPS) is 10.5. The average Bonchev–Trinajstić information content (AvgIpc) is 2.65. The molecule has 0 saturated carbocycles. The molecule has 0 unspecified atom stereocenters. The van der Waals surface area contributed by atoms with Crippen molar-refractivity contribution in [1.82, 2.24) is 5.32 Å². The monoisotopic (exact) mass is 372 g/mol. The topological polar surface area (TPSA) is 67.4 Å². The van der Waals surface area contributed by atoms with Gasteiger partial charge in [0.1, 0.15) is 11.6 Å². The molecule has 0 bridgehead atoms. The first kappa shape index (κ1) is 20.4. The summed E-state index contributed by atoms with van der Waals surface area (Å²) in [7, 11) is 0. The third-order valence-corrected chi connectivity index (χ3v) is 3.75. The second-order valence-corrected chi connectivity index (χ2v) is 6.60. The predicted molar refractivity (Wildman–Crippen MR) is 103 cm³/mol. The Morgan fingerprint density at radius 2 is 1.78 bits per heavy atom. The van der Waals surface area contributed by atoms with Crippen molar-refractivity contribution in [2.24, 2.45) is 5.92 Å². The van der Waals surface area contributed by atoms with Gasteiger partial charge in [0.2, 0.25) is 5.91 Å². The molecule has 0 radical (unpaired) electrons. The molecule has 0 aliphatic heterocycles. The molecule has 0 aromatic heterocycles. The fraction of sp³-hybridized carbons (Fsp3) is 0.333. The molecule has 0 spiro atoms. The molecule has 2 N–H and O–H groups in total. The van der Waals surface area contributed by atoms with Crippen LogP contribution in [0.25, 0.3) is 0 Å². The molecule has 0 atom stereocenters.